The first-order valence-electron chi connectivity index (χ1n) is 10.7. The third-order valence-corrected chi connectivity index (χ3v) is 7.05. The van der Waals surface area contributed by atoms with Gasteiger partial charge in [0.05, 0.1) is 17.4 Å². The average Bonchev–Trinajstić information content (AvgIpc) is 3.05. The van der Waals surface area contributed by atoms with Gasteiger partial charge < -0.3 is 10.2 Å². The molecule has 8 heteroatoms. The van der Waals surface area contributed by atoms with Crippen molar-refractivity contribution in [3.05, 3.63) is 30.1 Å². The molecule has 1 aliphatic carbocycles. The molecule has 0 bridgehead atoms. The fourth-order valence-electron chi connectivity index (χ4n) is 4.86. The first kappa shape index (κ1) is 19.0. The third kappa shape index (κ3) is 3.67. The van der Waals surface area contributed by atoms with Crippen molar-refractivity contribution in [1.82, 2.24) is 24.7 Å². The molecule has 3 aliphatic rings. The van der Waals surface area contributed by atoms with E-state index in [4.69, 9.17) is 0 Å². The minimum atomic E-state index is 0.0403. The number of carbonyl (C=O) groups excluding carboxylic acids is 1. The molecule has 2 aliphatic heterocycles. The van der Waals surface area contributed by atoms with Gasteiger partial charge in [0.2, 0.25) is 5.91 Å². The van der Waals surface area contributed by atoms with Gasteiger partial charge in [0.25, 0.3) is 0 Å². The van der Waals surface area contributed by atoms with Gasteiger partial charge in [0, 0.05) is 57.4 Å². The van der Waals surface area contributed by atoms with E-state index in [1.54, 1.807) is 0 Å². The van der Waals surface area contributed by atoms with Crippen molar-refractivity contribution in [2.75, 3.05) is 31.1 Å². The molecule has 1 saturated carbocycles. The number of piperazine rings is 1. The Morgan fingerprint density at radius 2 is 2.14 bits per heavy atom. The summed E-state index contributed by atoms with van der Waals surface area (Å²) < 4.78 is 1.91. The molecule has 0 radical (unpaired) electrons. The third-order valence-electron chi connectivity index (χ3n) is 6.66. The van der Waals surface area contributed by atoms with Gasteiger partial charge >= 0.3 is 0 Å². The second kappa shape index (κ2) is 7.71. The molecule has 2 saturated heterocycles. The molecule has 7 nitrogen and oxygen atoms in total. The maximum atomic E-state index is 11.6. The summed E-state index contributed by atoms with van der Waals surface area (Å²) in [6.45, 7) is 7.43. The number of hydrogen-bond acceptors (Lipinski definition) is 4. The number of rotatable bonds is 4. The van der Waals surface area contributed by atoms with Crippen LogP contribution in [0.25, 0.3) is 5.52 Å². The number of pyridine rings is 1. The van der Waals surface area contributed by atoms with E-state index in [0.29, 0.717) is 24.5 Å². The predicted molar refractivity (Wildman–Crippen MR) is 118 cm³/mol. The minimum Gasteiger partial charge on any atom is -0.321 e. The number of carbonyl (C=O) groups is 1. The summed E-state index contributed by atoms with van der Waals surface area (Å²) >= 11 is 0. The van der Waals surface area contributed by atoms with E-state index in [-0.39, 0.29) is 5.91 Å². The van der Waals surface area contributed by atoms with Crippen LogP contribution >= 0.6 is 8.86 Å². The first-order valence-corrected chi connectivity index (χ1v) is 11.2. The fraction of sp³-hybridized carbons (Fsp3) is 0.571. The van der Waals surface area contributed by atoms with E-state index in [1.165, 1.54) is 31.4 Å². The molecule has 4 heterocycles. The highest BCUT2D eigenvalue weighted by Gasteiger charge is 2.32. The van der Waals surface area contributed by atoms with E-state index < -0.39 is 0 Å². The van der Waals surface area contributed by atoms with Gasteiger partial charge in [-0.05, 0) is 37.5 Å². The van der Waals surface area contributed by atoms with Crippen LogP contribution < -0.4 is 10.2 Å². The summed E-state index contributed by atoms with van der Waals surface area (Å²) in [6.07, 6.45) is 8.56. The van der Waals surface area contributed by atoms with Crippen molar-refractivity contribution in [2.24, 2.45) is 0 Å². The molecule has 1 amide bonds. The number of fused-ring (bicyclic) bond motifs is 1. The Hall–Kier alpha value is -1.95. The Morgan fingerprint density at radius 1 is 1.28 bits per heavy atom. The molecule has 1 atom stereocenters. The fourth-order valence-corrected chi connectivity index (χ4v) is 5.23. The number of amides is 1. The van der Waals surface area contributed by atoms with Crippen LogP contribution in [-0.2, 0) is 11.3 Å². The van der Waals surface area contributed by atoms with Gasteiger partial charge in [-0.25, -0.2) is 4.52 Å². The largest absolute Gasteiger partial charge is 0.321 e. The molecule has 1 N–H and O–H groups in total. The molecule has 29 heavy (non-hydrogen) atoms. The van der Waals surface area contributed by atoms with Crippen molar-refractivity contribution >= 4 is 31.5 Å². The van der Waals surface area contributed by atoms with Crippen LogP contribution in [0.3, 0.4) is 0 Å². The van der Waals surface area contributed by atoms with E-state index in [2.05, 4.69) is 53.0 Å². The summed E-state index contributed by atoms with van der Waals surface area (Å²) in [5, 5.41) is 7.36. The number of nitrogens with zero attached hydrogens (tertiary/aromatic N) is 5. The molecule has 2 aromatic heterocycles. The molecule has 0 aromatic carbocycles. The maximum Gasteiger partial charge on any atom is 0.227 e. The molecule has 0 spiro atoms. The highest BCUT2D eigenvalue weighted by Crippen LogP contribution is 2.29. The van der Waals surface area contributed by atoms with Gasteiger partial charge in [-0.15, -0.1) is 0 Å². The standard InChI is InChI=1S/C21H29N6OP/c1-15-13-24(9-10-25(15)17-3-2-4-17)14-16-5-8-27-18(11-16)19(12-22-27)26-7-6-20(28)23-21(26)29/h5,8,11-12,15,17,29H,2-4,6-7,9-10,13-14H2,1H3,(H,23,28)/t15-/m0/s1. The lowest BCUT2D eigenvalue weighted by Crippen LogP contribution is -2.56. The van der Waals surface area contributed by atoms with Crippen LogP contribution in [0.1, 0.15) is 38.2 Å². The number of aromatic nitrogens is 2. The van der Waals surface area contributed by atoms with Crippen LogP contribution in [0.15, 0.2) is 24.5 Å². The Bertz CT molecular complexity index is 938. The normalized spacial score (nSPS) is 24.7. The number of hydrogen-bond donors (Lipinski definition) is 1. The van der Waals surface area contributed by atoms with Crippen molar-refractivity contribution in [2.45, 2.75) is 51.2 Å². The zero-order chi connectivity index (χ0) is 20.0. The maximum absolute atomic E-state index is 11.6. The summed E-state index contributed by atoms with van der Waals surface area (Å²) in [6, 6.07) is 5.87. The zero-order valence-electron chi connectivity index (χ0n) is 17.0. The van der Waals surface area contributed by atoms with Gasteiger partial charge in [0.15, 0.2) is 0 Å². The summed E-state index contributed by atoms with van der Waals surface area (Å²) in [5.41, 5.74) is 4.07. The molecule has 2 aromatic rings. The summed E-state index contributed by atoms with van der Waals surface area (Å²) in [5.74, 6) is 0.0403. The average molecular weight is 412 g/mol. The smallest absolute Gasteiger partial charge is 0.227 e. The van der Waals surface area contributed by atoms with Crippen LogP contribution in [0.5, 0.6) is 0 Å². The Morgan fingerprint density at radius 3 is 2.86 bits per heavy atom. The molecule has 0 unspecified atom stereocenters. The summed E-state index contributed by atoms with van der Waals surface area (Å²) in [4.78, 5) is 19.0. The SMILES string of the molecule is C[C@H]1CN(Cc2ccn3ncc(N4CCC(=O)NC4=P)c3c2)CCN1C1CCC1. The van der Waals surface area contributed by atoms with Gasteiger partial charge in [-0.1, -0.05) is 15.3 Å². The highest BCUT2D eigenvalue weighted by atomic mass is 31.0. The first-order chi connectivity index (χ1) is 14.1. The van der Waals surface area contributed by atoms with Gasteiger partial charge in [-0.2, -0.15) is 5.10 Å². The van der Waals surface area contributed by atoms with E-state index >= 15 is 0 Å². The van der Waals surface area contributed by atoms with E-state index in [1.807, 2.05) is 16.9 Å². The minimum absolute atomic E-state index is 0.0403. The van der Waals surface area contributed by atoms with Crippen LogP contribution in [0.4, 0.5) is 5.69 Å². The van der Waals surface area contributed by atoms with Crippen molar-refractivity contribution in [1.29, 1.82) is 0 Å². The molecular weight excluding hydrogens is 383 g/mol. The molecule has 3 fully saturated rings. The second-order valence-corrected chi connectivity index (χ2v) is 9.07. The van der Waals surface area contributed by atoms with E-state index in [0.717, 1.165) is 36.9 Å². The highest BCUT2D eigenvalue weighted by molar-refractivity contribution is 7.21. The Kier molecular flexibility index (Phi) is 5.06. The van der Waals surface area contributed by atoms with Gasteiger partial charge in [0.1, 0.15) is 5.54 Å². The van der Waals surface area contributed by atoms with Crippen molar-refractivity contribution < 1.29 is 4.79 Å². The Balaban J connectivity index is 1.31. The monoisotopic (exact) mass is 412 g/mol. The molecule has 154 valence electrons. The van der Waals surface area contributed by atoms with Crippen molar-refractivity contribution in [3.8, 4) is 0 Å². The number of anilines is 1. The summed E-state index contributed by atoms with van der Waals surface area (Å²) in [7, 11) is 3.55. The van der Waals surface area contributed by atoms with Crippen LogP contribution in [-0.4, -0.2) is 69.1 Å². The topological polar surface area (TPSA) is 56.1 Å². The quantitative estimate of drug-likeness (QED) is 0.778. The lowest BCUT2D eigenvalue weighted by molar-refractivity contribution is -0.119. The lowest BCUT2D eigenvalue weighted by Gasteiger charge is -2.47. The number of nitrogens with one attached hydrogen (secondary N) is 1. The predicted octanol–water partition coefficient (Wildman–Crippen LogP) is 1.95. The van der Waals surface area contributed by atoms with Crippen molar-refractivity contribution in [3.63, 3.8) is 0 Å². The lowest BCUT2D eigenvalue weighted by atomic mass is 9.89. The molecular formula is C21H29N6OP. The zero-order valence-corrected chi connectivity index (χ0v) is 18.0. The van der Waals surface area contributed by atoms with E-state index in [9.17, 15) is 4.79 Å². The second-order valence-electron chi connectivity index (χ2n) is 8.60. The van der Waals surface area contributed by atoms with Gasteiger partial charge in [-0.3, -0.25) is 14.6 Å². The van der Waals surface area contributed by atoms with Crippen LogP contribution in [0.2, 0.25) is 0 Å². The van der Waals surface area contributed by atoms with Crippen LogP contribution in [0, 0.1) is 0 Å². The Labute approximate surface area is 173 Å². The molecule has 5 rings (SSSR count).